The zero-order chi connectivity index (χ0) is 14.7. The monoisotopic (exact) mass is 360 g/mol. The highest BCUT2D eigenvalue weighted by molar-refractivity contribution is 9.10. The van der Waals surface area contributed by atoms with Gasteiger partial charge in [-0.3, -0.25) is 0 Å². The number of benzene rings is 1. The maximum atomic E-state index is 5.59. The lowest BCUT2D eigenvalue weighted by Gasteiger charge is -2.25. The Labute approximate surface area is 137 Å². The molecule has 5 rings (SSSR count). The average Bonchev–Trinajstić information content (AvgIpc) is 2.92. The van der Waals surface area contributed by atoms with E-state index in [1.807, 2.05) is 0 Å². The number of fused-ring (bicyclic) bond motifs is 3. The van der Waals surface area contributed by atoms with Gasteiger partial charge in [-0.1, -0.05) is 22.0 Å². The second-order valence-corrected chi connectivity index (χ2v) is 7.35. The predicted octanol–water partition coefficient (Wildman–Crippen LogP) is 2.29. The molecule has 0 spiro atoms. The Morgan fingerprint density at radius 1 is 1.23 bits per heavy atom. The van der Waals surface area contributed by atoms with Gasteiger partial charge in [-0.15, -0.1) is 0 Å². The molecule has 114 valence electrons. The predicted molar refractivity (Wildman–Crippen MR) is 86.2 cm³/mol. The van der Waals surface area contributed by atoms with Gasteiger partial charge < -0.3 is 14.7 Å². The van der Waals surface area contributed by atoms with Crippen LogP contribution in [-0.2, 0) is 6.42 Å². The summed E-state index contributed by atoms with van der Waals surface area (Å²) in [7, 11) is 0. The van der Waals surface area contributed by atoms with Gasteiger partial charge in [0.15, 0.2) is 0 Å². The Kier molecular flexibility index (Phi) is 2.85. The Bertz CT molecular complexity index is 725. The minimum absolute atomic E-state index is 0.422. The number of hydrogen-bond acceptors (Lipinski definition) is 5. The van der Waals surface area contributed by atoms with E-state index in [9.17, 15) is 0 Å². The molecule has 0 radical (unpaired) electrons. The fraction of sp³-hybridized carbons (Fsp3) is 0.500. The Morgan fingerprint density at radius 3 is 2.95 bits per heavy atom. The summed E-state index contributed by atoms with van der Waals surface area (Å²) in [5, 5.41) is 7.55. The largest absolute Gasteiger partial charge is 0.337 e. The van der Waals surface area contributed by atoms with Gasteiger partial charge >= 0.3 is 0 Å². The van der Waals surface area contributed by atoms with Gasteiger partial charge in [0.05, 0.1) is 0 Å². The van der Waals surface area contributed by atoms with Crippen LogP contribution in [-0.4, -0.2) is 36.3 Å². The summed E-state index contributed by atoms with van der Waals surface area (Å²) in [6, 6.07) is 6.63. The molecule has 2 aliphatic carbocycles. The van der Waals surface area contributed by atoms with E-state index in [4.69, 9.17) is 4.52 Å². The average molecular weight is 361 g/mol. The summed E-state index contributed by atoms with van der Waals surface area (Å²) in [4.78, 5) is 6.88. The molecule has 1 aliphatic heterocycles. The highest BCUT2D eigenvalue weighted by atomic mass is 79.9. The Morgan fingerprint density at radius 2 is 2.09 bits per heavy atom. The third kappa shape index (κ3) is 1.93. The van der Waals surface area contributed by atoms with Crippen molar-refractivity contribution in [3.05, 3.63) is 39.7 Å². The van der Waals surface area contributed by atoms with E-state index in [1.165, 1.54) is 11.1 Å². The lowest BCUT2D eigenvalue weighted by molar-refractivity contribution is 0.372. The van der Waals surface area contributed by atoms with Crippen LogP contribution in [0.15, 0.2) is 27.2 Å². The van der Waals surface area contributed by atoms with E-state index < -0.39 is 0 Å². The Hall–Kier alpha value is -1.40. The van der Waals surface area contributed by atoms with Crippen molar-refractivity contribution in [1.82, 2.24) is 15.5 Å². The van der Waals surface area contributed by atoms with Crippen LogP contribution in [0.2, 0.25) is 0 Å². The molecule has 0 bridgehead atoms. The van der Waals surface area contributed by atoms with Crippen molar-refractivity contribution in [2.75, 3.05) is 31.1 Å². The number of anilines is 1. The van der Waals surface area contributed by atoms with E-state index in [2.05, 4.69) is 54.5 Å². The number of hydrogen-bond donors (Lipinski definition) is 1. The topological polar surface area (TPSA) is 54.2 Å². The summed E-state index contributed by atoms with van der Waals surface area (Å²) in [6.45, 7) is 3.87. The second kappa shape index (κ2) is 4.80. The molecule has 5 nitrogen and oxygen atoms in total. The molecule has 3 atom stereocenters. The summed E-state index contributed by atoms with van der Waals surface area (Å²) in [5.74, 6) is 3.24. The number of halogens is 1. The summed E-state index contributed by atoms with van der Waals surface area (Å²) in [5.41, 5.74) is 2.95. The van der Waals surface area contributed by atoms with Gasteiger partial charge in [0, 0.05) is 42.5 Å². The van der Waals surface area contributed by atoms with Crippen LogP contribution in [0.3, 0.4) is 0 Å². The van der Waals surface area contributed by atoms with Gasteiger partial charge in [0.1, 0.15) is 0 Å². The highest BCUT2D eigenvalue weighted by Crippen LogP contribution is 2.66. The third-order valence-corrected chi connectivity index (χ3v) is 5.70. The molecule has 2 fully saturated rings. The number of aromatic nitrogens is 2. The first-order chi connectivity index (χ1) is 10.8. The zero-order valence-corrected chi connectivity index (χ0v) is 13.7. The molecular weight excluding hydrogens is 344 g/mol. The molecule has 1 N–H and O–H groups in total. The SMILES string of the molecule is Brc1ccc2c(c1)C1C(C2)C1c1nc(N2CCNCC2)no1. The number of nitrogens with one attached hydrogen (secondary N) is 1. The molecule has 1 aromatic heterocycles. The normalized spacial score (nSPS) is 29.3. The van der Waals surface area contributed by atoms with Gasteiger partial charge in [-0.25, -0.2) is 0 Å². The molecule has 3 unspecified atom stereocenters. The maximum absolute atomic E-state index is 5.59. The van der Waals surface area contributed by atoms with Crippen molar-refractivity contribution in [2.24, 2.45) is 5.92 Å². The van der Waals surface area contributed by atoms with Crippen molar-refractivity contribution in [2.45, 2.75) is 18.3 Å². The molecule has 1 aromatic carbocycles. The smallest absolute Gasteiger partial charge is 0.266 e. The number of nitrogens with zero attached hydrogens (tertiary/aromatic N) is 3. The van der Waals surface area contributed by atoms with Crippen LogP contribution in [0.1, 0.15) is 28.9 Å². The summed E-state index contributed by atoms with van der Waals surface area (Å²) in [6.07, 6.45) is 1.14. The van der Waals surface area contributed by atoms with Crippen molar-refractivity contribution in [3.8, 4) is 0 Å². The fourth-order valence-electron chi connectivity index (χ4n) is 4.06. The Balaban J connectivity index is 1.39. The molecule has 1 saturated carbocycles. The van der Waals surface area contributed by atoms with Gasteiger partial charge in [-0.2, -0.15) is 4.98 Å². The molecule has 1 saturated heterocycles. The van der Waals surface area contributed by atoms with E-state index in [0.717, 1.165) is 48.9 Å². The quantitative estimate of drug-likeness (QED) is 0.890. The highest BCUT2D eigenvalue weighted by Gasteiger charge is 2.59. The van der Waals surface area contributed by atoms with Crippen molar-refractivity contribution >= 4 is 21.9 Å². The van der Waals surface area contributed by atoms with E-state index in [0.29, 0.717) is 17.8 Å². The summed E-state index contributed by atoms with van der Waals surface area (Å²) < 4.78 is 6.75. The maximum Gasteiger partial charge on any atom is 0.266 e. The van der Waals surface area contributed by atoms with Crippen molar-refractivity contribution in [1.29, 1.82) is 0 Å². The molecule has 2 heterocycles. The first-order valence-corrected chi connectivity index (χ1v) is 8.68. The van der Waals surface area contributed by atoms with Crippen LogP contribution >= 0.6 is 15.9 Å². The minimum atomic E-state index is 0.422. The lowest BCUT2D eigenvalue weighted by atomic mass is 10.0. The van der Waals surface area contributed by atoms with Crippen molar-refractivity contribution in [3.63, 3.8) is 0 Å². The van der Waals surface area contributed by atoms with Crippen LogP contribution in [0.5, 0.6) is 0 Å². The van der Waals surface area contributed by atoms with E-state index >= 15 is 0 Å². The minimum Gasteiger partial charge on any atom is -0.337 e. The van der Waals surface area contributed by atoms with Crippen LogP contribution in [0.4, 0.5) is 5.95 Å². The van der Waals surface area contributed by atoms with Crippen LogP contribution < -0.4 is 10.2 Å². The van der Waals surface area contributed by atoms with Gasteiger partial charge in [-0.05, 0) is 40.8 Å². The molecule has 2 aromatic rings. The first-order valence-electron chi connectivity index (χ1n) is 7.89. The second-order valence-electron chi connectivity index (χ2n) is 6.43. The third-order valence-electron chi connectivity index (χ3n) is 5.21. The lowest BCUT2D eigenvalue weighted by Crippen LogP contribution is -2.44. The van der Waals surface area contributed by atoms with Crippen LogP contribution in [0.25, 0.3) is 0 Å². The molecule has 0 amide bonds. The van der Waals surface area contributed by atoms with Gasteiger partial charge in [0.25, 0.3) is 5.95 Å². The molecule has 6 heteroatoms. The van der Waals surface area contributed by atoms with E-state index in [-0.39, 0.29) is 0 Å². The van der Waals surface area contributed by atoms with Crippen LogP contribution in [0, 0.1) is 5.92 Å². The van der Waals surface area contributed by atoms with E-state index in [1.54, 1.807) is 0 Å². The van der Waals surface area contributed by atoms with Gasteiger partial charge in [0.2, 0.25) is 5.89 Å². The molecule has 22 heavy (non-hydrogen) atoms. The number of rotatable bonds is 2. The fourth-order valence-corrected chi connectivity index (χ4v) is 4.44. The number of piperazine rings is 1. The molecule has 3 aliphatic rings. The van der Waals surface area contributed by atoms with Crippen molar-refractivity contribution < 1.29 is 4.52 Å². The first kappa shape index (κ1) is 13.1. The molecular formula is C16H17BrN4O. The standard InChI is InChI=1S/C16H17BrN4O/c17-10-2-1-9-7-12-13(11(9)8-10)14(12)15-19-16(20-22-15)21-5-3-18-4-6-21/h1-2,8,12-14,18H,3-7H2. The zero-order valence-electron chi connectivity index (χ0n) is 12.1. The summed E-state index contributed by atoms with van der Waals surface area (Å²) >= 11 is 3.58.